The van der Waals surface area contributed by atoms with E-state index in [-0.39, 0.29) is 24.2 Å². The van der Waals surface area contributed by atoms with Gasteiger partial charge in [0.2, 0.25) is 11.8 Å². The van der Waals surface area contributed by atoms with Gasteiger partial charge >= 0.3 is 0 Å². The molecule has 0 heterocycles. The number of nitrogens with one attached hydrogen (secondary N) is 2. The van der Waals surface area contributed by atoms with Crippen molar-refractivity contribution < 1.29 is 19.5 Å². The van der Waals surface area contributed by atoms with Crippen LogP contribution in [0.25, 0.3) is 0 Å². The Hall–Kier alpha value is -2.08. The monoisotopic (exact) mass is 349 g/mol. The number of hydrogen-bond donors (Lipinski definition) is 2. The first-order valence-electron chi connectivity index (χ1n) is 7.99. The van der Waals surface area contributed by atoms with Gasteiger partial charge in [0, 0.05) is 16.9 Å². The van der Waals surface area contributed by atoms with E-state index in [4.69, 9.17) is 11.6 Å². The molecule has 2 aliphatic rings. The van der Waals surface area contributed by atoms with E-state index in [1.54, 1.807) is 24.3 Å². The zero-order valence-corrected chi connectivity index (χ0v) is 13.7. The molecule has 1 aromatic rings. The largest absolute Gasteiger partial charge is 0.550 e. The van der Waals surface area contributed by atoms with Crippen LogP contribution in [-0.4, -0.2) is 17.8 Å². The number of carbonyl (C=O) groups is 3. The van der Waals surface area contributed by atoms with E-state index >= 15 is 0 Å². The fraction of sp³-hybridized carbons (Fsp3) is 0.471. The number of hydrogen-bond acceptors (Lipinski definition) is 4. The van der Waals surface area contributed by atoms with Gasteiger partial charge < -0.3 is 9.90 Å². The zero-order valence-electron chi connectivity index (χ0n) is 13.0. The van der Waals surface area contributed by atoms with E-state index in [0.717, 1.165) is 24.8 Å². The van der Waals surface area contributed by atoms with Gasteiger partial charge in [-0.1, -0.05) is 23.7 Å². The van der Waals surface area contributed by atoms with Crippen LogP contribution in [0.2, 0.25) is 5.02 Å². The Labute approximate surface area is 144 Å². The summed E-state index contributed by atoms with van der Waals surface area (Å²) in [5.41, 5.74) is 5.49. The first-order valence-corrected chi connectivity index (χ1v) is 8.37. The van der Waals surface area contributed by atoms with Crippen LogP contribution in [0.4, 0.5) is 0 Å². The lowest BCUT2D eigenvalue weighted by atomic mass is 9.79. The van der Waals surface area contributed by atoms with Crippen molar-refractivity contribution in [1.29, 1.82) is 0 Å². The first kappa shape index (κ1) is 16.8. The van der Waals surface area contributed by atoms with E-state index in [1.807, 2.05) is 0 Å². The third-order valence-electron chi connectivity index (χ3n) is 5.09. The second-order valence-electron chi connectivity index (χ2n) is 6.54. The maximum absolute atomic E-state index is 12.3. The van der Waals surface area contributed by atoms with Gasteiger partial charge in [0.05, 0.1) is 12.3 Å². The molecule has 1 aromatic carbocycles. The van der Waals surface area contributed by atoms with E-state index in [0.29, 0.717) is 5.02 Å². The van der Waals surface area contributed by atoms with Crippen molar-refractivity contribution in [2.24, 2.45) is 23.7 Å². The van der Waals surface area contributed by atoms with E-state index < -0.39 is 23.7 Å². The molecule has 0 unspecified atom stereocenters. The van der Waals surface area contributed by atoms with Crippen molar-refractivity contribution in [3.63, 3.8) is 0 Å². The Morgan fingerprint density at radius 2 is 1.67 bits per heavy atom. The predicted octanol–water partition coefficient (Wildman–Crippen LogP) is 0.442. The average Bonchev–Trinajstić information content (AvgIpc) is 3.15. The molecule has 0 radical (unpaired) electrons. The molecule has 4 atom stereocenters. The minimum Gasteiger partial charge on any atom is -0.550 e. The van der Waals surface area contributed by atoms with Gasteiger partial charge in [0.25, 0.3) is 0 Å². The smallest absolute Gasteiger partial charge is 0.242 e. The molecular formula is C17H18ClN2O4-. The van der Waals surface area contributed by atoms with Gasteiger partial charge in [0.15, 0.2) is 0 Å². The van der Waals surface area contributed by atoms with Gasteiger partial charge in [-0.2, -0.15) is 0 Å². The van der Waals surface area contributed by atoms with E-state index in [2.05, 4.69) is 10.9 Å². The molecule has 0 aliphatic heterocycles. The highest BCUT2D eigenvalue weighted by Gasteiger charge is 2.51. The number of amides is 2. The summed E-state index contributed by atoms with van der Waals surface area (Å²) in [6.07, 6.45) is 2.52. The van der Waals surface area contributed by atoms with Crippen LogP contribution in [0.5, 0.6) is 0 Å². The molecule has 2 fully saturated rings. The van der Waals surface area contributed by atoms with Crippen molar-refractivity contribution in [3.8, 4) is 0 Å². The molecule has 2 N–H and O–H groups in total. The summed E-state index contributed by atoms with van der Waals surface area (Å²) in [6, 6.07) is 6.82. The van der Waals surface area contributed by atoms with Crippen molar-refractivity contribution in [2.45, 2.75) is 25.7 Å². The third-order valence-corrected chi connectivity index (χ3v) is 5.35. The van der Waals surface area contributed by atoms with Crippen molar-refractivity contribution in [2.75, 3.05) is 0 Å². The Kier molecular flexibility index (Phi) is 4.76. The lowest BCUT2D eigenvalue weighted by Crippen LogP contribution is -2.50. The van der Waals surface area contributed by atoms with E-state index in [1.165, 1.54) is 0 Å². The predicted molar refractivity (Wildman–Crippen MR) is 84.3 cm³/mol. The molecule has 3 rings (SSSR count). The number of halogens is 1. The van der Waals surface area contributed by atoms with Crippen molar-refractivity contribution >= 4 is 29.4 Å². The number of fused-ring (bicyclic) bond motifs is 2. The molecule has 0 saturated heterocycles. The molecule has 0 spiro atoms. The number of carboxylic acid groups (broad SMARTS) is 1. The number of rotatable bonds is 4. The minimum atomic E-state index is -1.17. The Bertz CT molecular complexity index is 661. The summed E-state index contributed by atoms with van der Waals surface area (Å²) in [5.74, 6) is -3.29. The molecule has 2 saturated carbocycles. The molecule has 2 aliphatic carbocycles. The Morgan fingerprint density at radius 1 is 1.04 bits per heavy atom. The average molecular weight is 350 g/mol. The highest BCUT2D eigenvalue weighted by Crippen LogP contribution is 2.52. The van der Waals surface area contributed by atoms with Crippen LogP contribution in [0.3, 0.4) is 0 Å². The fourth-order valence-electron chi connectivity index (χ4n) is 4.05. The number of benzene rings is 1. The number of aliphatic carboxylic acids is 1. The second-order valence-corrected chi connectivity index (χ2v) is 6.98. The number of hydrazine groups is 1. The quantitative estimate of drug-likeness (QED) is 0.771. The van der Waals surface area contributed by atoms with Crippen LogP contribution in [0, 0.1) is 23.7 Å². The third kappa shape index (κ3) is 3.38. The minimum absolute atomic E-state index is 0.0144. The van der Waals surface area contributed by atoms with Crippen molar-refractivity contribution in [1.82, 2.24) is 10.9 Å². The van der Waals surface area contributed by atoms with Gasteiger partial charge in [-0.05, 0) is 48.8 Å². The van der Waals surface area contributed by atoms with Gasteiger partial charge in [-0.3, -0.25) is 20.4 Å². The number of carbonyl (C=O) groups excluding carboxylic acids is 3. The molecule has 6 nitrogen and oxygen atoms in total. The van der Waals surface area contributed by atoms with Crippen LogP contribution in [-0.2, 0) is 20.8 Å². The maximum Gasteiger partial charge on any atom is 0.242 e. The first-order chi connectivity index (χ1) is 11.5. The molecular weight excluding hydrogens is 332 g/mol. The molecule has 0 aromatic heterocycles. The topological polar surface area (TPSA) is 98.3 Å². The Balaban J connectivity index is 1.54. The van der Waals surface area contributed by atoms with Gasteiger partial charge in [-0.25, -0.2) is 0 Å². The molecule has 7 heteroatoms. The summed E-state index contributed by atoms with van der Waals surface area (Å²) in [5, 5.41) is 11.9. The lowest BCUT2D eigenvalue weighted by molar-refractivity contribution is -0.314. The fourth-order valence-corrected chi connectivity index (χ4v) is 4.18. The molecule has 128 valence electrons. The highest BCUT2D eigenvalue weighted by atomic mass is 35.5. The van der Waals surface area contributed by atoms with Crippen LogP contribution in [0.1, 0.15) is 24.8 Å². The lowest BCUT2D eigenvalue weighted by Gasteiger charge is -2.30. The standard InChI is InChI=1S/C17H19ClN2O4/c18-12-5-1-9(2-6-12)7-13(21)19-20-16(22)14-10-3-4-11(8-10)15(14)17(23)24/h1-2,5-6,10-11,14-15H,3-4,7-8H2,(H,19,21)(H,20,22)(H,23,24)/p-1/t10-,11+,14-,15+/m1/s1. The molecule has 2 amide bonds. The summed E-state index contributed by atoms with van der Waals surface area (Å²) in [4.78, 5) is 35.5. The van der Waals surface area contributed by atoms with Crippen LogP contribution >= 0.6 is 11.6 Å². The SMILES string of the molecule is O=C(Cc1ccc(Cl)cc1)NNC(=O)[C@@H]1[C@@H]2CC[C@@H](C2)[C@@H]1C(=O)[O-]. The Morgan fingerprint density at radius 3 is 2.29 bits per heavy atom. The zero-order chi connectivity index (χ0) is 17.3. The summed E-state index contributed by atoms with van der Waals surface area (Å²) in [7, 11) is 0. The van der Waals surface area contributed by atoms with Crippen LogP contribution < -0.4 is 16.0 Å². The second kappa shape index (κ2) is 6.81. The van der Waals surface area contributed by atoms with Gasteiger partial charge in [0.1, 0.15) is 0 Å². The highest BCUT2D eigenvalue weighted by molar-refractivity contribution is 6.30. The summed E-state index contributed by atoms with van der Waals surface area (Å²) >= 11 is 5.78. The maximum atomic E-state index is 12.3. The number of carboxylic acids is 1. The van der Waals surface area contributed by atoms with Crippen LogP contribution in [0.15, 0.2) is 24.3 Å². The van der Waals surface area contributed by atoms with E-state index in [9.17, 15) is 19.5 Å². The van der Waals surface area contributed by atoms with Gasteiger partial charge in [-0.15, -0.1) is 0 Å². The summed E-state index contributed by atoms with van der Waals surface area (Å²) < 4.78 is 0. The summed E-state index contributed by atoms with van der Waals surface area (Å²) in [6.45, 7) is 0. The molecule has 24 heavy (non-hydrogen) atoms. The normalized spacial score (nSPS) is 27.7. The molecule has 2 bridgehead atoms. The van der Waals surface area contributed by atoms with Crippen molar-refractivity contribution in [3.05, 3.63) is 34.9 Å².